The molecule has 0 fully saturated rings. The molecule has 0 saturated heterocycles. The number of likely N-dealkylation sites (N-methyl/N-ethyl adjacent to an activating group) is 1. The molecule has 2 N–H and O–H groups in total. The first kappa shape index (κ1) is 11.1. The Balaban J connectivity index is 0. The summed E-state index contributed by atoms with van der Waals surface area (Å²) in [6.07, 6.45) is 0. The second-order valence-corrected chi connectivity index (χ2v) is 1.17. The summed E-state index contributed by atoms with van der Waals surface area (Å²) in [7, 11) is 1.80. The van der Waals surface area contributed by atoms with Gasteiger partial charge in [0.05, 0.1) is 6.61 Å². The first-order chi connectivity index (χ1) is 3.83. The molecule has 0 spiro atoms. The molecule has 0 aliphatic heterocycles. The Morgan fingerprint density at radius 1 is 1.62 bits per heavy atom. The Kier molecular flexibility index (Phi) is 21.7. The normalized spacial score (nSPS) is 6.25. The van der Waals surface area contributed by atoms with Crippen LogP contribution >= 0.6 is 0 Å². The molecule has 0 bridgehead atoms. The quantitative estimate of drug-likeness (QED) is 0.499. The maximum absolute atomic E-state index is 8.50. The molecule has 4 nitrogen and oxygen atoms in total. The van der Waals surface area contributed by atoms with Gasteiger partial charge in [0.2, 0.25) is 0 Å². The van der Waals surface area contributed by atoms with Crippen molar-refractivity contribution in [1.29, 1.82) is 0 Å². The van der Waals surface area contributed by atoms with Crippen LogP contribution in [0, 0.1) is 0 Å². The van der Waals surface area contributed by atoms with E-state index in [4.69, 9.17) is 11.8 Å². The molecule has 5 heteroatoms. The van der Waals surface area contributed by atoms with E-state index in [0.29, 0.717) is 6.54 Å². The van der Waals surface area contributed by atoms with Gasteiger partial charge in [-0.15, -0.1) is 0 Å². The van der Waals surface area contributed by atoms with E-state index in [0.717, 1.165) is 0 Å². The van der Waals surface area contributed by atoms with Crippen LogP contribution in [0.5, 0.6) is 0 Å². The van der Waals surface area contributed by atoms with Crippen molar-refractivity contribution in [1.82, 2.24) is 5.32 Å². The van der Waals surface area contributed by atoms with Gasteiger partial charge in [-0.3, -0.25) is 0 Å². The number of nitrogens with one attached hydrogen (secondary N) is 1. The molecule has 0 aliphatic carbocycles. The van der Waals surface area contributed by atoms with Gasteiger partial charge in [-0.2, -0.15) is 0 Å². The summed E-state index contributed by atoms with van der Waals surface area (Å²) >= 11 is -2.00. The Bertz CT molecular complexity index is 59.5. The molecule has 0 unspecified atom stereocenters. The molecular formula is C3H9NO3Ti. The topological polar surface area (TPSA) is 66.4 Å². The van der Waals surface area contributed by atoms with Crippen LogP contribution in [0.25, 0.3) is 0 Å². The maximum atomic E-state index is 8.50. The zero-order chi connectivity index (χ0) is 6.83. The first-order valence-corrected chi connectivity index (χ1v) is 3.35. The Hall–Kier alpha value is 0.234. The summed E-state index contributed by atoms with van der Waals surface area (Å²) in [5.74, 6) is 0. The van der Waals surface area contributed by atoms with Crippen LogP contribution in [0.2, 0.25) is 0 Å². The second kappa shape index (κ2) is 15.7. The van der Waals surface area contributed by atoms with Gasteiger partial charge < -0.3 is 10.4 Å². The van der Waals surface area contributed by atoms with Crippen LogP contribution in [0.3, 0.4) is 0 Å². The van der Waals surface area contributed by atoms with Gasteiger partial charge >= 0.3 is 25.7 Å². The van der Waals surface area contributed by atoms with E-state index >= 15 is 0 Å². The summed E-state index contributed by atoms with van der Waals surface area (Å²) in [4.78, 5) is 0. The van der Waals surface area contributed by atoms with Gasteiger partial charge in [-0.1, -0.05) is 0 Å². The molecule has 0 aliphatic rings. The predicted molar refractivity (Wildman–Crippen MR) is 22.4 cm³/mol. The number of hydrogen-bond acceptors (Lipinski definition) is 4. The fourth-order valence-electron chi connectivity index (χ4n) is 0.112. The molecule has 0 atom stereocenters. The van der Waals surface area contributed by atoms with Crippen molar-refractivity contribution in [2.24, 2.45) is 0 Å². The molecule has 0 aromatic heterocycles. The van der Waals surface area contributed by atoms with Gasteiger partial charge in [0.25, 0.3) is 0 Å². The zero-order valence-corrected chi connectivity index (χ0v) is 6.24. The molecule has 0 saturated carbocycles. The summed E-state index contributed by atoms with van der Waals surface area (Å²) in [6.45, 7) is 0.927. The Labute approximate surface area is 56.9 Å². The predicted octanol–water partition coefficient (Wildman–Crippen LogP) is -1.04. The van der Waals surface area contributed by atoms with Gasteiger partial charge in [0.15, 0.2) is 0 Å². The Morgan fingerprint density at radius 3 is 2.00 bits per heavy atom. The number of aliphatic hydroxyl groups excluding tert-OH is 1. The third-order valence-electron chi connectivity index (χ3n) is 0.362. The van der Waals surface area contributed by atoms with Crippen LogP contribution in [-0.2, 0) is 25.7 Å². The monoisotopic (exact) mass is 155 g/mol. The molecule has 48 valence electrons. The van der Waals surface area contributed by atoms with Gasteiger partial charge in [-0.05, 0) is 7.05 Å². The molecule has 8 heavy (non-hydrogen) atoms. The number of rotatable bonds is 2. The van der Waals surface area contributed by atoms with Gasteiger partial charge in [-0.25, -0.2) is 0 Å². The summed E-state index contributed by atoms with van der Waals surface area (Å²) in [5.41, 5.74) is 0. The van der Waals surface area contributed by atoms with Crippen molar-refractivity contribution in [2.45, 2.75) is 0 Å². The van der Waals surface area contributed by atoms with Crippen molar-refractivity contribution in [2.75, 3.05) is 20.2 Å². The van der Waals surface area contributed by atoms with Crippen LogP contribution in [-0.4, -0.2) is 25.3 Å². The van der Waals surface area contributed by atoms with E-state index in [1.54, 1.807) is 7.05 Å². The van der Waals surface area contributed by atoms with Crippen molar-refractivity contribution in [3.05, 3.63) is 0 Å². The van der Waals surface area contributed by atoms with E-state index in [1.807, 2.05) is 0 Å². The molecule has 0 aromatic rings. The zero-order valence-electron chi connectivity index (χ0n) is 4.68. The van der Waals surface area contributed by atoms with Crippen LogP contribution < -0.4 is 5.32 Å². The fourth-order valence-corrected chi connectivity index (χ4v) is 0.112. The average Bonchev–Trinajstić information content (AvgIpc) is 1.71. The van der Waals surface area contributed by atoms with E-state index in [1.165, 1.54) is 0 Å². The fraction of sp³-hybridized carbons (Fsp3) is 1.00. The van der Waals surface area contributed by atoms with Crippen LogP contribution in [0.1, 0.15) is 0 Å². The van der Waals surface area contributed by atoms with Crippen molar-refractivity contribution in [3.8, 4) is 0 Å². The van der Waals surface area contributed by atoms with E-state index in [2.05, 4.69) is 5.32 Å². The van der Waals surface area contributed by atoms with Gasteiger partial charge in [0, 0.05) is 6.54 Å². The van der Waals surface area contributed by atoms with E-state index < -0.39 is 19.1 Å². The SMILES string of the molecule is CNCCO.[O]=[Ti]=[O]. The molecule has 0 radical (unpaired) electrons. The second-order valence-electron chi connectivity index (χ2n) is 0.910. The summed E-state index contributed by atoms with van der Waals surface area (Å²) in [6, 6.07) is 0. The molecule has 0 heterocycles. The molecular weight excluding hydrogens is 146 g/mol. The van der Waals surface area contributed by atoms with E-state index in [-0.39, 0.29) is 6.61 Å². The molecule has 0 rings (SSSR count). The molecule has 0 aromatic carbocycles. The average molecular weight is 155 g/mol. The third-order valence-corrected chi connectivity index (χ3v) is 0.362. The Morgan fingerprint density at radius 2 is 2.00 bits per heavy atom. The van der Waals surface area contributed by atoms with Crippen molar-refractivity contribution >= 4 is 0 Å². The molecule has 0 amide bonds. The summed E-state index contributed by atoms with van der Waals surface area (Å²) in [5, 5.41) is 10.8. The van der Waals surface area contributed by atoms with Crippen LogP contribution in [0.4, 0.5) is 0 Å². The standard InChI is InChI=1S/C3H9NO.2O.Ti/c1-4-2-3-5;;;/h4-5H,2-3H2,1H3;;;. The van der Waals surface area contributed by atoms with Gasteiger partial charge in [0.1, 0.15) is 0 Å². The first-order valence-electron chi connectivity index (χ1n) is 2.08. The minimum absolute atomic E-state index is 0.233. The number of hydrogen-bond donors (Lipinski definition) is 2. The number of aliphatic hydroxyl groups is 1. The van der Waals surface area contributed by atoms with Crippen LogP contribution in [0.15, 0.2) is 0 Å². The van der Waals surface area contributed by atoms with Crippen molar-refractivity contribution < 1.29 is 30.8 Å². The van der Waals surface area contributed by atoms with Crippen molar-refractivity contribution in [3.63, 3.8) is 0 Å². The minimum atomic E-state index is -2.00. The van der Waals surface area contributed by atoms with E-state index in [9.17, 15) is 0 Å². The summed E-state index contributed by atoms with van der Waals surface area (Å²) < 4.78 is 17.0. The third kappa shape index (κ3) is 34.2.